The Morgan fingerprint density at radius 2 is 1.97 bits per heavy atom. The molecule has 0 aliphatic carbocycles. The number of hydrogen-bond acceptors (Lipinski definition) is 7. The summed E-state index contributed by atoms with van der Waals surface area (Å²) in [7, 11) is -2.09. The van der Waals surface area contributed by atoms with E-state index < -0.39 is 16.0 Å². The zero-order chi connectivity index (χ0) is 21.7. The van der Waals surface area contributed by atoms with Crippen molar-refractivity contribution in [1.82, 2.24) is 9.29 Å². The molecule has 0 saturated carbocycles. The highest BCUT2D eigenvalue weighted by Crippen LogP contribution is 2.29. The first-order valence-electron chi connectivity index (χ1n) is 9.58. The molecular weight excluding hydrogens is 474 g/mol. The number of pyridine rings is 1. The molecule has 10 heteroatoms. The molecule has 0 radical (unpaired) electrons. The Bertz CT molecular complexity index is 998. The predicted octanol–water partition coefficient (Wildman–Crippen LogP) is 2.93. The maximum absolute atomic E-state index is 13.1. The quantitative estimate of drug-likeness (QED) is 0.566. The molecule has 8 nitrogen and oxygen atoms in total. The van der Waals surface area contributed by atoms with E-state index >= 15 is 0 Å². The fourth-order valence-electron chi connectivity index (χ4n) is 3.23. The molecule has 1 aliphatic heterocycles. The number of halogens is 1. The lowest BCUT2D eigenvalue weighted by Gasteiger charge is -2.23. The van der Waals surface area contributed by atoms with Gasteiger partial charge in [0, 0.05) is 32.4 Å². The molecule has 1 saturated heterocycles. The van der Waals surface area contributed by atoms with Crippen LogP contribution in [0.3, 0.4) is 0 Å². The largest absolute Gasteiger partial charge is 0.496 e. The number of hydrogen-bond donors (Lipinski definition) is 0. The summed E-state index contributed by atoms with van der Waals surface area (Å²) in [4.78, 5) is 18.4. The lowest BCUT2D eigenvalue weighted by molar-refractivity contribution is 0.0526. The number of anilines is 1. The minimum absolute atomic E-state index is 0.223. The van der Waals surface area contributed by atoms with Crippen molar-refractivity contribution in [1.29, 1.82) is 0 Å². The maximum Gasteiger partial charge on any atom is 0.339 e. The van der Waals surface area contributed by atoms with E-state index in [1.807, 2.05) is 4.90 Å². The Balaban J connectivity index is 1.71. The van der Waals surface area contributed by atoms with E-state index in [4.69, 9.17) is 9.47 Å². The highest BCUT2D eigenvalue weighted by Gasteiger charge is 2.28. The molecule has 0 bridgehead atoms. The van der Waals surface area contributed by atoms with Gasteiger partial charge in [0.05, 0.1) is 28.6 Å². The second-order valence-electron chi connectivity index (χ2n) is 6.67. The molecule has 162 valence electrons. The van der Waals surface area contributed by atoms with Crippen molar-refractivity contribution in [2.45, 2.75) is 18.2 Å². The fourth-order valence-corrected chi connectivity index (χ4v) is 5.42. The van der Waals surface area contributed by atoms with Crippen molar-refractivity contribution >= 4 is 37.7 Å². The van der Waals surface area contributed by atoms with E-state index in [2.05, 4.69) is 20.9 Å². The monoisotopic (exact) mass is 497 g/mol. The van der Waals surface area contributed by atoms with Crippen LogP contribution in [0.2, 0.25) is 0 Å². The summed E-state index contributed by atoms with van der Waals surface area (Å²) in [6.45, 7) is 3.99. The number of ether oxygens (including phenoxy) is 2. The molecule has 30 heavy (non-hydrogen) atoms. The van der Waals surface area contributed by atoms with Crippen LogP contribution in [0.1, 0.15) is 23.7 Å². The average molecular weight is 498 g/mol. The highest BCUT2D eigenvalue weighted by atomic mass is 79.9. The average Bonchev–Trinajstić information content (AvgIpc) is 3.01. The van der Waals surface area contributed by atoms with E-state index in [1.54, 1.807) is 37.3 Å². The number of aromatic nitrogens is 1. The molecule has 0 N–H and O–H groups in total. The topological polar surface area (TPSA) is 89.0 Å². The predicted molar refractivity (Wildman–Crippen MR) is 116 cm³/mol. The summed E-state index contributed by atoms with van der Waals surface area (Å²) in [5.74, 6) is 0.873. The minimum Gasteiger partial charge on any atom is -0.496 e. The van der Waals surface area contributed by atoms with Crippen LogP contribution in [0.25, 0.3) is 0 Å². The summed E-state index contributed by atoms with van der Waals surface area (Å²) in [5, 5.41) is 0. The molecule has 0 unspecified atom stereocenters. The van der Waals surface area contributed by atoms with E-state index in [9.17, 15) is 13.2 Å². The van der Waals surface area contributed by atoms with Crippen molar-refractivity contribution in [2.24, 2.45) is 0 Å². The third-order valence-corrected chi connectivity index (χ3v) is 7.31. The van der Waals surface area contributed by atoms with Gasteiger partial charge in [-0.15, -0.1) is 0 Å². The number of methoxy groups -OCH3 is 1. The zero-order valence-electron chi connectivity index (χ0n) is 16.9. The molecule has 0 atom stereocenters. The normalized spacial score (nSPS) is 15.5. The van der Waals surface area contributed by atoms with Crippen LogP contribution >= 0.6 is 15.9 Å². The number of carbonyl (C=O) groups is 1. The smallest absolute Gasteiger partial charge is 0.339 e. The van der Waals surface area contributed by atoms with Gasteiger partial charge in [-0.25, -0.2) is 18.2 Å². The highest BCUT2D eigenvalue weighted by molar-refractivity contribution is 9.10. The third-order valence-electron chi connectivity index (χ3n) is 4.80. The van der Waals surface area contributed by atoms with Gasteiger partial charge in [0.15, 0.2) is 0 Å². The summed E-state index contributed by atoms with van der Waals surface area (Å²) >= 11 is 3.35. The van der Waals surface area contributed by atoms with E-state index in [1.165, 1.54) is 17.6 Å². The van der Waals surface area contributed by atoms with Crippen molar-refractivity contribution in [3.05, 3.63) is 46.6 Å². The van der Waals surface area contributed by atoms with Crippen LogP contribution in [-0.2, 0) is 14.8 Å². The van der Waals surface area contributed by atoms with Gasteiger partial charge in [-0.05, 0) is 59.6 Å². The van der Waals surface area contributed by atoms with Crippen molar-refractivity contribution in [3.63, 3.8) is 0 Å². The minimum atomic E-state index is -3.62. The number of benzene rings is 1. The molecule has 1 aromatic heterocycles. The van der Waals surface area contributed by atoms with Gasteiger partial charge in [-0.3, -0.25) is 0 Å². The molecule has 1 fully saturated rings. The molecular formula is C20H24BrN3O5S. The molecule has 3 rings (SSSR count). The second-order valence-corrected chi connectivity index (χ2v) is 9.46. The lowest BCUT2D eigenvalue weighted by Crippen LogP contribution is -2.35. The van der Waals surface area contributed by atoms with E-state index in [-0.39, 0.29) is 4.90 Å². The summed E-state index contributed by atoms with van der Waals surface area (Å²) < 4.78 is 38.4. The Morgan fingerprint density at radius 3 is 2.60 bits per heavy atom. The van der Waals surface area contributed by atoms with Crippen molar-refractivity contribution < 1.29 is 22.7 Å². The maximum atomic E-state index is 13.1. The Hall–Kier alpha value is -2.17. The standard InChI is InChI=1S/C20H24BrN3O5S/c1-3-29-20(25)15-5-8-19(22-14-15)23-9-4-10-24(12-11-23)30(26,27)16-6-7-18(28-2)17(21)13-16/h5-8,13-14H,3-4,9-12H2,1-2H3. The zero-order valence-corrected chi connectivity index (χ0v) is 19.3. The van der Waals surface area contributed by atoms with Gasteiger partial charge in [-0.2, -0.15) is 4.31 Å². The van der Waals surface area contributed by atoms with Gasteiger partial charge in [0.1, 0.15) is 11.6 Å². The van der Waals surface area contributed by atoms with Crippen LogP contribution in [0, 0.1) is 0 Å². The van der Waals surface area contributed by atoms with Crippen LogP contribution < -0.4 is 9.64 Å². The van der Waals surface area contributed by atoms with Gasteiger partial charge >= 0.3 is 5.97 Å². The summed E-state index contributed by atoms with van der Waals surface area (Å²) in [5.41, 5.74) is 0.393. The molecule has 0 amide bonds. The van der Waals surface area contributed by atoms with Crippen LogP contribution in [0.4, 0.5) is 5.82 Å². The molecule has 1 aromatic carbocycles. The molecule has 2 heterocycles. The van der Waals surface area contributed by atoms with Crippen molar-refractivity contribution in [2.75, 3.05) is 44.8 Å². The molecule has 1 aliphatic rings. The van der Waals surface area contributed by atoms with Crippen LogP contribution in [-0.4, -0.2) is 63.6 Å². The fraction of sp³-hybridized carbons (Fsp3) is 0.400. The van der Waals surface area contributed by atoms with Gasteiger partial charge in [-0.1, -0.05) is 0 Å². The third kappa shape index (κ3) is 4.93. The van der Waals surface area contributed by atoms with Gasteiger partial charge < -0.3 is 14.4 Å². The second kappa shape index (κ2) is 9.76. The number of rotatable bonds is 6. The number of esters is 1. The van der Waals surface area contributed by atoms with E-state index in [0.29, 0.717) is 60.8 Å². The summed E-state index contributed by atoms with van der Waals surface area (Å²) in [6.07, 6.45) is 2.15. The lowest BCUT2D eigenvalue weighted by atomic mass is 10.2. The Labute approximate surface area is 185 Å². The Kier molecular flexibility index (Phi) is 7.32. The SMILES string of the molecule is CCOC(=O)c1ccc(N2CCCN(S(=O)(=O)c3ccc(OC)c(Br)c3)CC2)nc1. The van der Waals surface area contributed by atoms with E-state index in [0.717, 1.165) is 0 Å². The number of carbonyl (C=O) groups excluding carboxylic acids is 1. The first kappa shape index (κ1) is 22.5. The van der Waals surface area contributed by atoms with Crippen molar-refractivity contribution in [3.8, 4) is 5.75 Å². The first-order valence-corrected chi connectivity index (χ1v) is 11.8. The Morgan fingerprint density at radius 1 is 1.17 bits per heavy atom. The van der Waals surface area contributed by atoms with Crippen LogP contribution in [0.5, 0.6) is 5.75 Å². The number of sulfonamides is 1. The van der Waals surface area contributed by atoms with Crippen LogP contribution in [0.15, 0.2) is 45.9 Å². The molecule has 2 aromatic rings. The van der Waals surface area contributed by atoms with Gasteiger partial charge in [0.25, 0.3) is 0 Å². The van der Waals surface area contributed by atoms with Gasteiger partial charge in [0.2, 0.25) is 10.0 Å². The summed E-state index contributed by atoms with van der Waals surface area (Å²) in [6, 6.07) is 8.19. The molecule has 0 spiro atoms. The number of nitrogens with zero attached hydrogens (tertiary/aromatic N) is 3. The first-order chi connectivity index (χ1) is 14.4.